The van der Waals surface area contributed by atoms with Crippen LogP contribution in [0.2, 0.25) is 0 Å². The summed E-state index contributed by atoms with van der Waals surface area (Å²) in [5.74, 6) is 2.35. The van der Waals surface area contributed by atoms with Gasteiger partial charge in [0.1, 0.15) is 0 Å². The highest BCUT2D eigenvalue weighted by Gasteiger charge is 2.23. The number of halogens is 1. The Morgan fingerprint density at radius 1 is 1.27 bits per heavy atom. The van der Waals surface area contributed by atoms with E-state index in [0.717, 1.165) is 44.2 Å². The molecule has 5 nitrogen and oxygen atoms in total. The molecule has 0 aromatic heterocycles. The van der Waals surface area contributed by atoms with Crippen molar-refractivity contribution in [1.29, 1.82) is 0 Å². The zero-order valence-corrected chi connectivity index (χ0v) is 14.0. The van der Waals surface area contributed by atoms with E-state index >= 15 is 0 Å². The van der Waals surface area contributed by atoms with Gasteiger partial charge in [-0.3, -0.25) is 10.9 Å². The highest BCUT2D eigenvalue weighted by molar-refractivity contribution is 5.85. The Kier molecular flexibility index (Phi) is 6.32. The largest absolute Gasteiger partial charge is 0.490 e. The first-order valence-electron chi connectivity index (χ1n) is 7.85. The first-order chi connectivity index (χ1) is 10.2. The molecule has 0 spiro atoms. The predicted octanol–water partition coefficient (Wildman–Crippen LogP) is 2.03. The molecule has 3 unspecified atom stereocenters. The van der Waals surface area contributed by atoms with Crippen molar-refractivity contribution in [3.05, 3.63) is 23.8 Å². The van der Waals surface area contributed by atoms with E-state index in [0.29, 0.717) is 18.0 Å². The van der Waals surface area contributed by atoms with E-state index in [4.69, 9.17) is 9.47 Å². The summed E-state index contributed by atoms with van der Waals surface area (Å²) in [6.07, 6.45) is 0.942. The molecule has 0 radical (unpaired) electrons. The van der Waals surface area contributed by atoms with Crippen LogP contribution < -0.4 is 25.6 Å². The van der Waals surface area contributed by atoms with Crippen LogP contribution in [0.15, 0.2) is 18.2 Å². The molecule has 22 heavy (non-hydrogen) atoms. The number of hydrogen-bond acceptors (Lipinski definition) is 5. The highest BCUT2D eigenvalue weighted by atomic mass is 35.5. The van der Waals surface area contributed by atoms with E-state index in [1.807, 2.05) is 6.07 Å². The van der Waals surface area contributed by atoms with E-state index in [-0.39, 0.29) is 12.4 Å². The summed E-state index contributed by atoms with van der Waals surface area (Å²) in [6.45, 7) is 7.89. The molecule has 3 rings (SSSR count). The molecular weight excluding hydrogens is 302 g/mol. The average Bonchev–Trinajstić information content (AvgIpc) is 2.76. The lowest BCUT2D eigenvalue weighted by atomic mass is 10.0. The van der Waals surface area contributed by atoms with Crippen molar-refractivity contribution in [3.8, 4) is 11.5 Å². The van der Waals surface area contributed by atoms with Crippen LogP contribution in [0.5, 0.6) is 11.5 Å². The minimum atomic E-state index is 0. The van der Waals surface area contributed by atoms with Gasteiger partial charge < -0.3 is 14.8 Å². The van der Waals surface area contributed by atoms with Gasteiger partial charge in [-0.15, -0.1) is 12.4 Å². The summed E-state index contributed by atoms with van der Waals surface area (Å²) in [7, 11) is 0. The van der Waals surface area contributed by atoms with Gasteiger partial charge in [0.2, 0.25) is 0 Å². The van der Waals surface area contributed by atoms with Crippen LogP contribution in [-0.2, 0) is 0 Å². The Balaban J connectivity index is 0.00000176. The smallest absolute Gasteiger partial charge is 0.161 e. The number of benzene rings is 1. The van der Waals surface area contributed by atoms with Crippen molar-refractivity contribution in [2.45, 2.75) is 32.4 Å². The number of hydrogen-bond donors (Lipinski definition) is 3. The van der Waals surface area contributed by atoms with E-state index in [2.05, 4.69) is 42.1 Å². The van der Waals surface area contributed by atoms with Gasteiger partial charge >= 0.3 is 0 Å². The fraction of sp³-hybridized carbons (Fsp3) is 0.625. The third-order valence-corrected chi connectivity index (χ3v) is 4.36. The van der Waals surface area contributed by atoms with Crippen molar-refractivity contribution in [3.63, 3.8) is 0 Å². The topological polar surface area (TPSA) is 54.5 Å². The Morgan fingerprint density at radius 2 is 2.05 bits per heavy atom. The number of hydrazine groups is 1. The third kappa shape index (κ3) is 4.04. The Bertz CT molecular complexity index is 486. The molecule has 2 aliphatic rings. The van der Waals surface area contributed by atoms with Gasteiger partial charge in [-0.05, 0) is 31.5 Å². The zero-order valence-electron chi connectivity index (χ0n) is 13.2. The van der Waals surface area contributed by atoms with Crippen molar-refractivity contribution >= 4 is 12.4 Å². The van der Waals surface area contributed by atoms with Crippen LogP contribution in [0.1, 0.15) is 31.9 Å². The molecule has 2 aliphatic heterocycles. The quantitative estimate of drug-likeness (QED) is 0.790. The maximum absolute atomic E-state index is 5.76. The standard InChI is InChI=1S/C16H25N3O2.ClH/c1-11(17-9-14-10-18-19-12(14)2)13-4-5-15-16(8-13)21-7-3-6-20-15;/h4-5,8,11-12,14,17-19H,3,6-7,9-10H2,1-2H3;1H. The lowest BCUT2D eigenvalue weighted by Gasteiger charge is -2.20. The van der Waals surface area contributed by atoms with Gasteiger partial charge in [-0.2, -0.15) is 0 Å². The number of nitrogens with one attached hydrogen (secondary N) is 3. The van der Waals surface area contributed by atoms with Crippen LogP contribution >= 0.6 is 12.4 Å². The average molecular weight is 328 g/mol. The van der Waals surface area contributed by atoms with Crippen LogP contribution in [-0.4, -0.2) is 32.3 Å². The van der Waals surface area contributed by atoms with Crippen molar-refractivity contribution < 1.29 is 9.47 Å². The maximum atomic E-state index is 5.76. The summed E-state index contributed by atoms with van der Waals surface area (Å²) in [5.41, 5.74) is 7.70. The molecular formula is C16H26ClN3O2. The number of fused-ring (bicyclic) bond motifs is 1. The van der Waals surface area contributed by atoms with Gasteiger partial charge in [0, 0.05) is 37.5 Å². The summed E-state index contributed by atoms with van der Waals surface area (Å²) in [4.78, 5) is 0. The van der Waals surface area contributed by atoms with Crippen LogP contribution in [0.4, 0.5) is 0 Å². The maximum Gasteiger partial charge on any atom is 0.161 e. The first-order valence-corrected chi connectivity index (χ1v) is 7.85. The highest BCUT2D eigenvalue weighted by Crippen LogP contribution is 2.32. The van der Waals surface area contributed by atoms with Gasteiger partial charge in [-0.25, -0.2) is 0 Å². The van der Waals surface area contributed by atoms with Crippen molar-refractivity contribution in [2.24, 2.45) is 5.92 Å². The fourth-order valence-electron chi connectivity index (χ4n) is 2.79. The molecule has 2 heterocycles. The van der Waals surface area contributed by atoms with Crippen LogP contribution in [0.3, 0.4) is 0 Å². The molecule has 124 valence electrons. The number of rotatable bonds is 4. The number of ether oxygens (including phenoxy) is 2. The van der Waals surface area contributed by atoms with Gasteiger partial charge in [0.25, 0.3) is 0 Å². The Morgan fingerprint density at radius 3 is 2.77 bits per heavy atom. The predicted molar refractivity (Wildman–Crippen MR) is 89.8 cm³/mol. The summed E-state index contributed by atoms with van der Waals surface area (Å²) in [5, 5.41) is 3.62. The molecule has 1 aromatic carbocycles. The van der Waals surface area contributed by atoms with Gasteiger partial charge in [0.15, 0.2) is 11.5 Å². The molecule has 1 aromatic rings. The molecule has 0 amide bonds. The molecule has 3 atom stereocenters. The lowest BCUT2D eigenvalue weighted by molar-refractivity contribution is 0.297. The SMILES string of the molecule is CC(NCC1CNNC1C)c1ccc2c(c1)OCCCO2.Cl. The molecule has 1 saturated heterocycles. The first kappa shape index (κ1) is 17.3. The van der Waals surface area contributed by atoms with Crippen molar-refractivity contribution in [2.75, 3.05) is 26.3 Å². The summed E-state index contributed by atoms with van der Waals surface area (Å²) < 4.78 is 11.4. The van der Waals surface area contributed by atoms with Crippen molar-refractivity contribution in [1.82, 2.24) is 16.2 Å². The third-order valence-electron chi connectivity index (χ3n) is 4.36. The fourth-order valence-corrected chi connectivity index (χ4v) is 2.79. The van der Waals surface area contributed by atoms with Crippen LogP contribution in [0.25, 0.3) is 0 Å². The Hall–Kier alpha value is -1.01. The normalized spacial score (nSPS) is 25.2. The minimum absolute atomic E-state index is 0. The molecule has 1 fully saturated rings. The molecule has 3 N–H and O–H groups in total. The summed E-state index contributed by atoms with van der Waals surface area (Å²) >= 11 is 0. The van der Waals surface area contributed by atoms with E-state index < -0.39 is 0 Å². The molecule has 0 bridgehead atoms. The second-order valence-electron chi connectivity index (χ2n) is 5.96. The summed E-state index contributed by atoms with van der Waals surface area (Å²) in [6, 6.07) is 7.06. The van der Waals surface area contributed by atoms with E-state index in [9.17, 15) is 0 Å². The molecule has 0 aliphatic carbocycles. The second-order valence-corrected chi connectivity index (χ2v) is 5.96. The minimum Gasteiger partial charge on any atom is -0.490 e. The van der Waals surface area contributed by atoms with E-state index in [1.165, 1.54) is 5.56 Å². The zero-order chi connectivity index (χ0) is 14.7. The lowest BCUT2D eigenvalue weighted by Crippen LogP contribution is -2.33. The second kappa shape index (κ2) is 8.02. The van der Waals surface area contributed by atoms with Crippen LogP contribution in [0, 0.1) is 5.92 Å². The van der Waals surface area contributed by atoms with Gasteiger partial charge in [-0.1, -0.05) is 6.07 Å². The Labute approximate surface area is 138 Å². The van der Waals surface area contributed by atoms with Gasteiger partial charge in [0.05, 0.1) is 13.2 Å². The monoisotopic (exact) mass is 327 g/mol. The molecule has 6 heteroatoms. The van der Waals surface area contributed by atoms with E-state index in [1.54, 1.807) is 0 Å². The molecule has 0 saturated carbocycles.